The maximum atomic E-state index is 12.1. The molecule has 1 aliphatic heterocycles. The van der Waals surface area contributed by atoms with Crippen molar-refractivity contribution in [3.63, 3.8) is 0 Å². The minimum Gasteiger partial charge on any atom is -0.548 e. The lowest BCUT2D eigenvalue weighted by molar-refractivity contribution is -0.308. The van der Waals surface area contributed by atoms with Gasteiger partial charge in [-0.2, -0.15) is 0 Å². The number of carbonyl (C=O) groups excluding carboxylic acids is 1. The quantitative estimate of drug-likeness (QED) is 0.768. The van der Waals surface area contributed by atoms with Crippen LogP contribution < -0.4 is 19.3 Å². The number of nitrogens with one attached hydrogen (secondary N) is 1. The first-order valence-corrected chi connectivity index (χ1v) is 7.55. The van der Waals surface area contributed by atoms with Crippen molar-refractivity contribution >= 4 is 16.0 Å². The molecule has 2 rings (SSSR count). The van der Waals surface area contributed by atoms with Crippen LogP contribution in [0.4, 0.5) is 0 Å². The van der Waals surface area contributed by atoms with Gasteiger partial charge in [0.05, 0.1) is 16.9 Å². The highest BCUT2D eigenvalue weighted by Crippen LogP contribution is 2.32. The van der Waals surface area contributed by atoms with Gasteiger partial charge in [0.1, 0.15) is 13.2 Å². The molecule has 0 saturated carbocycles. The highest BCUT2D eigenvalue weighted by atomic mass is 32.2. The Hall–Kier alpha value is -1.80. The van der Waals surface area contributed by atoms with Gasteiger partial charge in [0, 0.05) is 6.07 Å². The number of carboxylic acid groups (broad SMARTS) is 1. The molecule has 0 amide bonds. The summed E-state index contributed by atoms with van der Waals surface area (Å²) in [4.78, 5) is 10.7. The molecule has 0 aromatic heterocycles. The largest absolute Gasteiger partial charge is 0.548 e. The number of carboxylic acids is 1. The molecule has 8 heteroatoms. The second-order valence-corrected chi connectivity index (χ2v) is 5.92. The average molecular weight is 300 g/mol. The van der Waals surface area contributed by atoms with Gasteiger partial charge in [0.15, 0.2) is 11.5 Å². The molecule has 0 saturated heterocycles. The number of hydrogen-bond donors (Lipinski definition) is 1. The van der Waals surface area contributed by atoms with Gasteiger partial charge in [-0.15, -0.1) is 0 Å². The fraction of sp³-hybridized carbons (Fsp3) is 0.417. The van der Waals surface area contributed by atoms with Crippen molar-refractivity contribution in [3.8, 4) is 11.5 Å². The first-order valence-electron chi connectivity index (χ1n) is 6.07. The molecule has 0 aliphatic carbocycles. The Morgan fingerprint density at radius 1 is 1.35 bits per heavy atom. The number of benzene rings is 1. The molecule has 1 N–H and O–H groups in total. The second-order valence-electron chi connectivity index (χ2n) is 4.21. The third-order valence-corrected chi connectivity index (χ3v) is 4.28. The van der Waals surface area contributed by atoms with E-state index in [9.17, 15) is 18.3 Å². The van der Waals surface area contributed by atoms with Gasteiger partial charge in [-0.3, -0.25) is 0 Å². The monoisotopic (exact) mass is 300 g/mol. The van der Waals surface area contributed by atoms with Gasteiger partial charge in [-0.25, -0.2) is 13.1 Å². The van der Waals surface area contributed by atoms with E-state index in [1.807, 2.05) is 0 Å². The Labute approximate surface area is 116 Å². The fourth-order valence-corrected chi connectivity index (χ4v) is 3.03. The predicted octanol–water partition coefficient (Wildman–Crippen LogP) is -0.735. The molecule has 7 nitrogen and oxygen atoms in total. The van der Waals surface area contributed by atoms with E-state index in [0.717, 1.165) is 0 Å². The van der Waals surface area contributed by atoms with Gasteiger partial charge >= 0.3 is 0 Å². The van der Waals surface area contributed by atoms with Crippen molar-refractivity contribution in [1.29, 1.82) is 0 Å². The zero-order valence-corrected chi connectivity index (χ0v) is 11.6. The Kier molecular flexibility index (Phi) is 4.15. The van der Waals surface area contributed by atoms with E-state index in [1.54, 1.807) is 6.92 Å². The number of sulfonamides is 1. The van der Waals surface area contributed by atoms with Crippen molar-refractivity contribution in [2.75, 3.05) is 13.2 Å². The second kappa shape index (κ2) is 5.68. The van der Waals surface area contributed by atoms with Crippen LogP contribution in [0.1, 0.15) is 13.3 Å². The highest BCUT2D eigenvalue weighted by Gasteiger charge is 2.22. The summed E-state index contributed by atoms with van der Waals surface area (Å²) in [6, 6.07) is 2.84. The minimum absolute atomic E-state index is 0.0820. The normalized spacial score (nSPS) is 15.7. The number of ether oxygens (including phenoxy) is 2. The number of aliphatic carboxylic acids is 1. The van der Waals surface area contributed by atoms with Crippen LogP contribution in [0.25, 0.3) is 0 Å². The average Bonchev–Trinajstić information content (AvgIpc) is 2.44. The van der Waals surface area contributed by atoms with Crippen molar-refractivity contribution in [2.24, 2.45) is 0 Å². The van der Waals surface area contributed by atoms with Crippen LogP contribution in [0, 0.1) is 0 Å². The molecule has 110 valence electrons. The van der Waals surface area contributed by atoms with Crippen LogP contribution in [0.15, 0.2) is 23.1 Å². The molecule has 0 unspecified atom stereocenters. The van der Waals surface area contributed by atoms with Crippen LogP contribution in [-0.2, 0) is 14.8 Å². The summed E-state index contributed by atoms with van der Waals surface area (Å²) in [6.07, 6.45) is 0.0894. The van der Waals surface area contributed by atoms with Crippen LogP contribution in [0.2, 0.25) is 0 Å². The van der Waals surface area contributed by atoms with Crippen LogP contribution in [-0.4, -0.2) is 33.6 Å². The third-order valence-electron chi connectivity index (χ3n) is 2.81. The number of hydrogen-bond acceptors (Lipinski definition) is 6. The smallest absolute Gasteiger partial charge is 0.241 e. The lowest BCUT2D eigenvalue weighted by Gasteiger charge is -2.20. The van der Waals surface area contributed by atoms with Crippen LogP contribution in [0.3, 0.4) is 0 Å². The van der Waals surface area contributed by atoms with E-state index in [4.69, 9.17) is 9.47 Å². The summed E-state index contributed by atoms with van der Waals surface area (Å²) in [5, 5.41) is 10.8. The van der Waals surface area contributed by atoms with Gasteiger partial charge in [-0.05, 0) is 18.6 Å². The SMILES string of the molecule is CC[C@@H](NS(=O)(=O)c1ccc2c(c1)OCCO2)C(=O)[O-]. The summed E-state index contributed by atoms with van der Waals surface area (Å²) < 4.78 is 36.8. The summed E-state index contributed by atoms with van der Waals surface area (Å²) in [5.41, 5.74) is 0. The van der Waals surface area contributed by atoms with Gasteiger partial charge in [-0.1, -0.05) is 6.92 Å². The van der Waals surface area contributed by atoms with Gasteiger partial charge < -0.3 is 19.4 Å². The lowest BCUT2D eigenvalue weighted by Crippen LogP contribution is -2.47. The zero-order valence-electron chi connectivity index (χ0n) is 10.8. The first kappa shape index (κ1) is 14.6. The molecule has 1 heterocycles. The molecule has 20 heavy (non-hydrogen) atoms. The number of fused-ring (bicyclic) bond motifs is 1. The molecule has 1 aromatic rings. The Balaban J connectivity index is 2.27. The first-order chi connectivity index (χ1) is 9.44. The van der Waals surface area contributed by atoms with E-state index >= 15 is 0 Å². The molecule has 0 fully saturated rings. The molecular weight excluding hydrogens is 286 g/mol. The third kappa shape index (κ3) is 3.02. The van der Waals surface area contributed by atoms with Crippen molar-refractivity contribution < 1.29 is 27.8 Å². The molecule has 1 aliphatic rings. The number of rotatable bonds is 5. The van der Waals surface area contributed by atoms with Gasteiger partial charge in [0.25, 0.3) is 0 Å². The minimum atomic E-state index is -3.96. The molecular formula is C12H14NO6S-. The molecule has 1 aromatic carbocycles. The maximum absolute atomic E-state index is 12.1. The van der Waals surface area contributed by atoms with Gasteiger partial charge in [0.2, 0.25) is 10.0 Å². The highest BCUT2D eigenvalue weighted by molar-refractivity contribution is 7.89. The Bertz CT molecular complexity index is 612. The van der Waals surface area contributed by atoms with Crippen molar-refractivity contribution in [2.45, 2.75) is 24.3 Å². The maximum Gasteiger partial charge on any atom is 0.241 e. The summed E-state index contributed by atoms with van der Waals surface area (Å²) >= 11 is 0. The van der Waals surface area contributed by atoms with E-state index in [-0.39, 0.29) is 11.3 Å². The summed E-state index contributed by atoms with van der Waals surface area (Å²) in [5.74, 6) is -0.684. The van der Waals surface area contributed by atoms with Crippen LogP contribution in [0.5, 0.6) is 11.5 Å². The van der Waals surface area contributed by atoms with E-state index in [0.29, 0.717) is 24.7 Å². The Morgan fingerprint density at radius 3 is 2.60 bits per heavy atom. The zero-order chi connectivity index (χ0) is 14.8. The van der Waals surface area contributed by atoms with Crippen molar-refractivity contribution in [1.82, 2.24) is 4.72 Å². The summed E-state index contributed by atoms with van der Waals surface area (Å²) in [7, 11) is -3.96. The van der Waals surface area contributed by atoms with E-state index < -0.39 is 22.0 Å². The van der Waals surface area contributed by atoms with E-state index in [1.165, 1.54) is 18.2 Å². The Morgan fingerprint density at radius 2 is 2.00 bits per heavy atom. The molecule has 1 atom stereocenters. The molecule has 0 radical (unpaired) electrons. The van der Waals surface area contributed by atoms with Crippen LogP contribution >= 0.6 is 0 Å². The van der Waals surface area contributed by atoms with E-state index in [2.05, 4.69) is 4.72 Å². The molecule has 0 spiro atoms. The fourth-order valence-electron chi connectivity index (χ4n) is 1.74. The number of carbonyl (C=O) groups is 1. The summed E-state index contributed by atoms with van der Waals surface area (Å²) in [6.45, 7) is 2.29. The lowest BCUT2D eigenvalue weighted by atomic mass is 10.2. The topological polar surface area (TPSA) is 105 Å². The standard InChI is InChI=1S/C12H15NO6S/c1-2-9(12(14)15)13-20(16,17)8-3-4-10-11(7-8)19-6-5-18-10/h3-4,7,9,13H,2,5-6H2,1H3,(H,14,15)/p-1/t9-/m1/s1. The molecule has 0 bridgehead atoms. The van der Waals surface area contributed by atoms with Crippen molar-refractivity contribution in [3.05, 3.63) is 18.2 Å². The predicted molar refractivity (Wildman–Crippen MR) is 66.8 cm³/mol.